The lowest BCUT2D eigenvalue weighted by Crippen LogP contribution is -2.14. The number of halogens is 3. The number of nitrogens with one attached hydrogen (secondary N) is 1. The predicted octanol–water partition coefficient (Wildman–Crippen LogP) is 3.50. The molecule has 0 saturated carbocycles. The van der Waals surface area contributed by atoms with E-state index in [1.165, 1.54) is 12.1 Å². The minimum atomic E-state index is -4.12. The zero-order valence-electron chi connectivity index (χ0n) is 10.1. The number of benzene rings is 2. The predicted molar refractivity (Wildman–Crippen MR) is 73.2 cm³/mol. The Bertz CT molecular complexity index is 735. The first-order chi connectivity index (χ1) is 9.42. The van der Waals surface area contributed by atoms with Gasteiger partial charge in [-0.05, 0) is 29.8 Å². The molecule has 1 N–H and O–H groups in total. The zero-order valence-corrected chi connectivity index (χ0v) is 11.7. The van der Waals surface area contributed by atoms with Crippen LogP contribution in [0.4, 0.5) is 14.5 Å². The van der Waals surface area contributed by atoms with Crippen LogP contribution in [-0.4, -0.2) is 8.42 Å². The molecule has 0 aromatic heterocycles. The maximum absolute atomic E-state index is 13.5. The fourth-order valence-electron chi connectivity index (χ4n) is 1.62. The summed E-state index contributed by atoms with van der Waals surface area (Å²) in [6.45, 7) is 0. The van der Waals surface area contributed by atoms with Crippen molar-refractivity contribution in [1.29, 1.82) is 0 Å². The van der Waals surface area contributed by atoms with E-state index in [9.17, 15) is 17.2 Å². The van der Waals surface area contributed by atoms with Crippen molar-refractivity contribution in [2.45, 2.75) is 10.8 Å². The van der Waals surface area contributed by atoms with Crippen molar-refractivity contribution in [3.63, 3.8) is 0 Å². The van der Waals surface area contributed by atoms with Crippen molar-refractivity contribution < 1.29 is 17.2 Å². The second-order valence-electron chi connectivity index (χ2n) is 4.01. The molecule has 0 unspecified atom stereocenters. The molecule has 0 saturated heterocycles. The Kier molecular flexibility index (Phi) is 4.25. The van der Waals surface area contributed by atoms with Crippen molar-refractivity contribution >= 4 is 27.3 Å². The number of alkyl halides is 1. The third-order valence-electron chi connectivity index (χ3n) is 2.52. The molecule has 0 aliphatic carbocycles. The molecule has 20 heavy (non-hydrogen) atoms. The summed E-state index contributed by atoms with van der Waals surface area (Å²) in [6.07, 6.45) is 0. The topological polar surface area (TPSA) is 46.2 Å². The van der Waals surface area contributed by atoms with E-state index < -0.39 is 26.6 Å². The highest BCUT2D eigenvalue weighted by molar-refractivity contribution is 7.92. The maximum Gasteiger partial charge on any atom is 0.264 e. The van der Waals surface area contributed by atoms with Crippen molar-refractivity contribution in [2.75, 3.05) is 4.72 Å². The summed E-state index contributed by atoms with van der Waals surface area (Å²) >= 11 is 5.65. The van der Waals surface area contributed by atoms with Gasteiger partial charge in [-0.3, -0.25) is 4.72 Å². The van der Waals surface area contributed by atoms with E-state index in [2.05, 4.69) is 4.72 Å². The molecule has 0 fully saturated rings. The van der Waals surface area contributed by atoms with Gasteiger partial charge in [0.15, 0.2) is 0 Å². The SMILES string of the molecule is O=S(=O)(Nc1cccc(CCl)c1)c1ccc(F)cc1F. The molecule has 0 heterocycles. The molecular weight excluding hydrogens is 308 g/mol. The fourth-order valence-corrected chi connectivity index (χ4v) is 2.90. The second kappa shape index (κ2) is 5.76. The van der Waals surface area contributed by atoms with Crippen LogP contribution >= 0.6 is 11.6 Å². The first kappa shape index (κ1) is 14.7. The van der Waals surface area contributed by atoms with Crippen molar-refractivity contribution in [1.82, 2.24) is 0 Å². The maximum atomic E-state index is 13.5. The Hall–Kier alpha value is -1.66. The summed E-state index contributed by atoms with van der Waals surface area (Å²) in [5.41, 5.74) is 0.971. The van der Waals surface area contributed by atoms with Crippen LogP contribution in [0.15, 0.2) is 47.4 Å². The Morgan fingerprint density at radius 1 is 1.10 bits per heavy atom. The molecule has 0 spiro atoms. The molecule has 2 rings (SSSR count). The van der Waals surface area contributed by atoms with Crippen molar-refractivity contribution in [3.8, 4) is 0 Å². The summed E-state index contributed by atoms with van der Waals surface area (Å²) in [4.78, 5) is -0.616. The van der Waals surface area contributed by atoms with Crippen LogP contribution in [0.3, 0.4) is 0 Å². The molecule has 0 radical (unpaired) electrons. The number of hydrogen-bond acceptors (Lipinski definition) is 2. The number of anilines is 1. The highest BCUT2D eigenvalue weighted by Crippen LogP contribution is 2.20. The lowest BCUT2D eigenvalue weighted by molar-refractivity contribution is 0.551. The summed E-state index contributed by atoms with van der Waals surface area (Å²) in [5, 5.41) is 0. The third-order valence-corrected chi connectivity index (χ3v) is 4.24. The standard InChI is InChI=1S/C13H10ClF2NO2S/c14-8-9-2-1-3-11(6-9)17-20(18,19)13-5-4-10(15)7-12(13)16/h1-7,17H,8H2. The van der Waals surface area contributed by atoms with Gasteiger partial charge in [0.25, 0.3) is 10.0 Å². The summed E-state index contributed by atoms with van der Waals surface area (Å²) in [5.74, 6) is -1.77. The number of hydrogen-bond donors (Lipinski definition) is 1. The molecule has 7 heteroatoms. The monoisotopic (exact) mass is 317 g/mol. The first-order valence-corrected chi connectivity index (χ1v) is 7.57. The van der Waals surface area contributed by atoms with E-state index in [1.807, 2.05) is 0 Å². The average Bonchev–Trinajstić information content (AvgIpc) is 2.37. The van der Waals surface area contributed by atoms with Crippen LogP contribution in [0.2, 0.25) is 0 Å². The number of sulfonamides is 1. The van der Waals surface area contributed by atoms with Gasteiger partial charge in [0.2, 0.25) is 0 Å². The highest BCUT2D eigenvalue weighted by atomic mass is 35.5. The molecule has 2 aromatic rings. The largest absolute Gasteiger partial charge is 0.280 e. The molecule has 106 valence electrons. The van der Waals surface area contributed by atoms with Gasteiger partial charge < -0.3 is 0 Å². The van der Waals surface area contributed by atoms with Crippen LogP contribution in [-0.2, 0) is 15.9 Å². The van der Waals surface area contributed by atoms with Crippen LogP contribution in [0.25, 0.3) is 0 Å². The molecule has 0 aliphatic heterocycles. The quantitative estimate of drug-likeness (QED) is 0.877. The first-order valence-electron chi connectivity index (χ1n) is 5.55. The van der Waals surface area contributed by atoms with Gasteiger partial charge in [-0.15, -0.1) is 11.6 Å². The molecule has 2 aromatic carbocycles. The average molecular weight is 318 g/mol. The van der Waals surface area contributed by atoms with Crippen LogP contribution < -0.4 is 4.72 Å². The minimum Gasteiger partial charge on any atom is -0.280 e. The Labute approximate surface area is 120 Å². The second-order valence-corrected chi connectivity index (χ2v) is 5.93. The van der Waals surface area contributed by atoms with E-state index in [4.69, 9.17) is 11.6 Å². The van der Waals surface area contributed by atoms with E-state index >= 15 is 0 Å². The van der Waals surface area contributed by atoms with Crippen molar-refractivity contribution in [3.05, 3.63) is 59.7 Å². The molecule has 3 nitrogen and oxygen atoms in total. The van der Waals surface area contributed by atoms with Gasteiger partial charge in [0.1, 0.15) is 16.5 Å². The minimum absolute atomic E-state index is 0.223. The summed E-state index contributed by atoms with van der Waals surface area (Å²) in [6, 6.07) is 8.66. The van der Waals surface area contributed by atoms with E-state index in [-0.39, 0.29) is 11.6 Å². The normalized spacial score (nSPS) is 11.3. The molecule has 0 bridgehead atoms. The zero-order chi connectivity index (χ0) is 14.8. The third kappa shape index (κ3) is 3.26. The van der Waals surface area contributed by atoms with Gasteiger partial charge in [0, 0.05) is 17.6 Å². The molecule has 0 aliphatic rings. The van der Waals surface area contributed by atoms with Gasteiger partial charge in [0.05, 0.1) is 0 Å². The van der Waals surface area contributed by atoms with Crippen LogP contribution in [0, 0.1) is 11.6 Å². The lowest BCUT2D eigenvalue weighted by atomic mass is 10.2. The Balaban J connectivity index is 2.35. The summed E-state index contributed by atoms with van der Waals surface area (Å²) in [7, 11) is -4.12. The smallest absolute Gasteiger partial charge is 0.264 e. The Morgan fingerprint density at radius 3 is 2.50 bits per heavy atom. The molecule has 0 atom stereocenters. The molecular formula is C13H10ClF2NO2S. The van der Waals surface area contributed by atoms with Gasteiger partial charge in [-0.25, -0.2) is 17.2 Å². The lowest BCUT2D eigenvalue weighted by Gasteiger charge is -2.09. The van der Waals surface area contributed by atoms with Crippen molar-refractivity contribution in [2.24, 2.45) is 0 Å². The summed E-state index contributed by atoms with van der Waals surface area (Å²) < 4.78 is 52.6. The highest BCUT2D eigenvalue weighted by Gasteiger charge is 2.19. The van der Waals surface area contributed by atoms with Gasteiger partial charge in [-0.2, -0.15) is 0 Å². The van der Waals surface area contributed by atoms with Gasteiger partial charge in [-0.1, -0.05) is 12.1 Å². The van der Waals surface area contributed by atoms with Crippen LogP contribution in [0.1, 0.15) is 5.56 Å². The van der Waals surface area contributed by atoms with Gasteiger partial charge >= 0.3 is 0 Å². The van der Waals surface area contributed by atoms with E-state index in [0.29, 0.717) is 11.6 Å². The van der Waals surface area contributed by atoms with Crippen LogP contribution in [0.5, 0.6) is 0 Å². The molecule has 0 amide bonds. The fraction of sp³-hybridized carbons (Fsp3) is 0.0769. The Morgan fingerprint density at radius 2 is 1.85 bits per heavy atom. The van der Waals surface area contributed by atoms with E-state index in [0.717, 1.165) is 12.1 Å². The van der Waals surface area contributed by atoms with E-state index in [1.54, 1.807) is 12.1 Å². The number of rotatable bonds is 4.